The zero-order valence-electron chi connectivity index (χ0n) is 12.0. The highest BCUT2D eigenvalue weighted by Crippen LogP contribution is 2.20. The van der Waals surface area contributed by atoms with Crippen LogP contribution in [0.5, 0.6) is 0 Å². The second kappa shape index (κ2) is 6.91. The van der Waals surface area contributed by atoms with E-state index in [4.69, 9.17) is 21.5 Å². The molecule has 6 nitrogen and oxygen atoms in total. The molecule has 1 aliphatic heterocycles. The van der Waals surface area contributed by atoms with Crippen molar-refractivity contribution < 1.29 is 27.9 Å². The third kappa shape index (κ3) is 4.25. The standard InChI is InChI=1S/C12H10ClN3O.C2HF3O2/c13-11-5-9(2-4-14-11)16-6-8-1-3-15-12(17)10(8)7-16;3-2(4,5)1(6)7/h2,4-7H,1,3H2,(H,15,17);(H,6,7). The normalized spacial score (nSPS) is 13.4. The van der Waals surface area contributed by atoms with Crippen LogP contribution in [-0.2, 0) is 11.2 Å². The van der Waals surface area contributed by atoms with Crippen LogP contribution in [0.15, 0.2) is 30.7 Å². The van der Waals surface area contributed by atoms with E-state index in [2.05, 4.69) is 10.3 Å². The van der Waals surface area contributed by atoms with E-state index in [-0.39, 0.29) is 5.91 Å². The predicted octanol–water partition coefficient (Wildman–Crippen LogP) is 2.44. The molecular weight excluding hydrogens is 351 g/mol. The minimum atomic E-state index is -5.08. The van der Waals surface area contributed by atoms with Crippen molar-refractivity contribution in [2.24, 2.45) is 0 Å². The topological polar surface area (TPSA) is 84.2 Å². The summed E-state index contributed by atoms with van der Waals surface area (Å²) in [7, 11) is 0. The zero-order valence-corrected chi connectivity index (χ0v) is 12.7. The number of aliphatic carboxylic acids is 1. The number of carboxylic acid groups (broad SMARTS) is 1. The highest BCUT2D eigenvalue weighted by molar-refractivity contribution is 6.29. The Kier molecular flexibility index (Phi) is 5.13. The molecule has 10 heteroatoms. The smallest absolute Gasteiger partial charge is 0.475 e. The van der Waals surface area contributed by atoms with E-state index in [0.717, 1.165) is 23.2 Å². The number of carbonyl (C=O) groups is 2. The van der Waals surface area contributed by atoms with Gasteiger partial charge >= 0.3 is 12.1 Å². The maximum Gasteiger partial charge on any atom is 0.490 e. The number of pyridine rings is 1. The molecule has 128 valence electrons. The van der Waals surface area contributed by atoms with Crippen molar-refractivity contribution in [1.29, 1.82) is 0 Å². The number of hydrogen-bond acceptors (Lipinski definition) is 3. The van der Waals surface area contributed by atoms with E-state index < -0.39 is 12.1 Å². The number of alkyl halides is 3. The zero-order chi connectivity index (χ0) is 17.9. The minimum Gasteiger partial charge on any atom is -0.475 e. The molecule has 0 spiro atoms. The van der Waals surface area contributed by atoms with Gasteiger partial charge in [-0.3, -0.25) is 4.79 Å². The molecule has 2 aromatic heterocycles. The fraction of sp³-hybridized carbons (Fsp3) is 0.214. The largest absolute Gasteiger partial charge is 0.490 e. The van der Waals surface area contributed by atoms with Gasteiger partial charge in [0.2, 0.25) is 0 Å². The van der Waals surface area contributed by atoms with Crippen LogP contribution in [0.4, 0.5) is 13.2 Å². The SMILES string of the molecule is O=C(O)C(F)(F)F.O=C1NCCc2cn(-c3ccnc(Cl)c3)cc21. The number of nitrogens with zero attached hydrogens (tertiary/aromatic N) is 2. The Bertz CT molecular complexity index is 774. The molecule has 0 fully saturated rings. The monoisotopic (exact) mass is 361 g/mol. The Morgan fingerprint density at radius 3 is 2.58 bits per heavy atom. The average Bonchev–Trinajstić information content (AvgIpc) is 2.92. The molecule has 0 saturated heterocycles. The molecule has 3 heterocycles. The van der Waals surface area contributed by atoms with Gasteiger partial charge in [-0.25, -0.2) is 9.78 Å². The molecule has 0 aliphatic carbocycles. The van der Waals surface area contributed by atoms with E-state index in [1.807, 2.05) is 23.0 Å². The first-order chi connectivity index (χ1) is 11.2. The van der Waals surface area contributed by atoms with Crippen molar-refractivity contribution in [1.82, 2.24) is 14.9 Å². The summed E-state index contributed by atoms with van der Waals surface area (Å²) < 4.78 is 33.6. The molecular formula is C14H11ClF3N3O3. The summed E-state index contributed by atoms with van der Waals surface area (Å²) in [6.07, 6.45) is 1.23. The molecule has 24 heavy (non-hydrogen) atoms. The summed E-state index contributed by atoms with van der Waals surface area (Å²) in [5, 5.41) is 10.4. The number of aromatic nitrogens is 2. The third-order valence-electron chi connectivity index (χ3n) is 3.08. The fourth-order valence-electron chi connectivity index (χ4n) is 2.01. The van der Waals surface area contributed by atoms with Crippen LogP contribution in [0, 0.1) is 0 Å². The van der Waals surface area contributed by atoms with E-state index in [1.54, 1.807) is 12.3 Å². The number of amides is 1. The lowest BCUT2D eigenvalue weighted by Crippen LogP contribution is -2.30. The Morgan fingerprint density at radius 1 is 1.38 bits per heavy atom. The van der Waals surface area contributed by atoms with E-state index in [1.165, 1.54) is 0 Å². The maximum absolute atomic E-state index is 11.6. The van der Waals surface area contributed by atoms with Crippen molar-refractivity contribution in [3.8, 4) is 5.69 Å². The third-order valence-corrected chi connectivity index (χ3v) is 3.29. The molecule has 3 rings (SSSR count). The number of halogens is 4. The fourth-order valence-corrected chi connectivity index (χ4v) is 2.18. The molecule has 1 aliphatic rings. The maximum atomic E-state index is 11.6. The van der Waals surface area contributed by atoms with Crippen LogP contribution in [0.1, 0.15) is 15.9 Å². The number of nitrogens with one attached hydrogen (secondary N) is 1. The van der Waals surface area contributed by atoms with Gasteiger partial charge in [0, 0.05) is 30.8 Å². The first-order valence-electron chi connectivity index (χ1n) is 6.59. The summed E-state index contributed by atoms with van der Waals surface area (Å²) in [5.41, 5.74) is 2.72. The van der Waals surface area contributed by atoms with E-state index >= 15 is 0 Å². The minimum absolute atomic E-state index is 0.00912. The van der Waals surface area contributed by atoms with Crippen LogP contribution in [0.25, 0.3) is 5.69 Å². The van der Waals surface area contributed by atoms with Gasteiger partial charge in [0.25, 0.3) is 5.91 Å². The molecule has 1 amide bonds. The molecule has 0 aromatic carbocycles. The highest BCUT2D eigenvalue weighted by Gasteiger charge is 2.38. The van der Waals surface area contributed by atoms with Gasteiger partial charge in [-0.05, 0) is 24.1 Å². The van der Waals surface area contributed by atoms with Crippen molar-refractivity contribution in [2.75, 3.05) is 6.54 Å². The van der Waals surface area contributed by atoms with Gasteiger partial charge in [0.05, 0.1) is 5.56 Å². The van der Waals surface area contributed by atoms with Crippen LogP contribution in [-0.4, -0.2) is 39.3 Å². The molecule has 0 radical (unpaired) electrons. The Hall–Kier alpha value is -2.55. The molecule has 0 saturated carbocycles. The van der Waals surface area contributed by atoms with Crippen molar-refractivity contribution in [3.63, 3.8) is 0 Å². The highest BCUT2D eigenvalue weighted by atomic mass is 35.5. The molecule has 2 aromatic rings. The average molecular weight is 362 g/mol. The summed E-state index contributed by atoms with van der Waals surface area (Å²) in [6, 6.07) is 3.63. The summed E-state index contributed by atoms with van der Waals surface area (Å²) in [5.74, 6) is -2.77. The molecule has 2 N–H and O–H groups in total. The van der Waals surface area contributed by atoms with Crippen LogP contribution >= 0.6 is 11.6 Å². The van der Waals surface area contributed by atoms with E-state index in [0.29, 0.717) is 11.7 Å². The quantitative estimate of drug-likeness (QED) is 0.764. The van der Waals surface area contributed by atoms with Gasteiger partial charge in [-0.1, -0.05) is 11.6 Å². The Morgan fingerprint density at radius 2 is 2.04 bits per heavy atom. The Balaban J connectivity index is 0.000000256. The second-order valence-corrected chi connectivity index (χ2v) is 5.14. The number of rotatable bonds is 1. The summed E-state index contributed by atoms with van der Waals surface area (Å²) in [4.78, 5) is 24.5. The first kappa shape index (κ1) is 17.8. The lowest BCUT2D eigenvalue weighted by atomic mass is 10.1. The van der Waals surface area contributed by atoms with Crippen LogP contribution < -0.4 is 5.32 Å². The van der Waals surface area contributed by atoms with E-state index in [9.17, 15) is 18.0 Å². The lowest BCUT2D eigenvalue weighted by molar-refractivity contribution is -0.192. The van der Waals surface area contributed by atoms with Crippen molar-refractivity contribution in [3.05, 3.63) is 47.0 Å². The van der Waals surface area contributed by atoms with Crippen LogP contribution in [0.2, 0.25) is 5.15 Å². The first-order valence-corrected chi connectivity index (χ1v) is 6.97. The number of fused-ring (bicyclic) bond motifs is 1. The van der Waals surface area contributed by atoms with Crippen molar-refractivity contribution in [2.45, 2.75) is 12.6 Å². The second-order valence-electron chi connectivity index (χ2n) is 4.75. The predicted molar refractivity (Wildman–Crippen MR) is 78.3 cm³/mol. The number of carboxylic acids is 1. The molecule has 0 unspecified atom stereocenters. The Labute approximate surface area is 138 Å². The lowest BCUT2D eigenvalue weighted by Gasteiger charge is -2.10. The summed E-state index contributed by atoms with van der Waals surface area (Å²) in [6.45, 7) is 0.701. The molecule has 0 bridgehead atoms. The van der Waals surface area contributed by atoms with Gasteiger partial charge in [-0.15, -0.1) is 0 Å². The van der Waals surface area contributed by atoms with Gasteiger partial charge < -0.3 is 15.0 Å². The molecule has 0 atom stereocenters. The van der Waals surface area contributed by atoms with Crippen LogP contribution in [0.3, 0.4) is 0 Å². The van der Waals surface area contributed by atoms with Gasteiger partial charge in [-0.2, -0.15) is 13.2 Å². The number of hydrogen-bond donors (Lipinski definition) is 2. The number of carbonyl (C=O) groups excluding carboxylic acids is 1. The van der Waals surface area contributed by atoms with Crippen molar-refractivity contribution >= 4 is 23.5 Å². The summed E-state index contributed by atoms with van der Waals surface area (Å²) >= 11 is 5.85. The van der Waals surface area contributed by atoms with Gasteiger partial charge in [0.15, 0.2) is 0 Å². The van der Waals surface area contributed by atoms with Gasteiger partial charge in [0.1, 0.15) is 5.15 Å².